The molecule has 0 bridgehead atoms. The molecule has 1 aromatic heterocycles. The van der Waals surface area contributed by atoms with E-state index in [9.17, 15) is 9.90 Å². The number of rotatable bonds is 5. The van der Waals surface area contributed by atoms with E-state index in [-0.39, 0.29) is 17.6 Å². The summed E-state index contributed by atoms with van der Waals surface area (Å²) in [5, 5.41) is 10.6. The van der Waals surface area contributed by atoms with E-state index in [4.69, 9.17) is 4.74 Å². The molecule has 1 atom stereocenters. The summed E-state index contributed by atoms with van der Waals surface area (Å²) < 4.78 is 4.97. The van der Waals surface area contributed by atoms with Crippen molar-refractivity contribution in [3.63, 3.8) is 0 Å². The Morgan fingerprint density at radius 3 is 2.70 bits per heavy atom. The molecular weight excluding hydrogens is 290 g/mol. The van der Waals surface area contributed by atoms with Crippen LogP contribution < -0.4 is 0 Å². The zero-order valence-corrected chi connectivity index (χ0v) is 13.0. The van der Waals surface area contributed by atoms with E-state index in [1.165, 1.54) is 7.11 Å². The van der Waals surface area contributed by atoms with E-state index in [0.29, 0.717) is 12.8 Å². The summed E-state index contributed by atoms with van der Waals surface area (Å²) in [6, 6.07) is 15.1. The number of phenolic OH excluding ortho intramolecular Hbond substituents is 1. The highest BCUT2D eigenvalue weighted by Crippen LogP contribution is 2.26. The summed E-state index contributed by atoms with van der Waals surface area (Å²) in [7, 11) is 1.42. The summed E-state index contributed by atoms with van der Waals surface area (Å²) >= 11 is 0. The quantitative estimate of drug-likeness (QED) is 0.710. The van der Waals surface area contributed by atoms with Crippen molar-refractivity contribution < 1.29 is 14.6 Å². The Bertz CT molecular complexity index is 808. The maximum Gasteiger partial charge on any atom is 0.309 e. The number of H-pyrrole nitrogens is 1. The molecular formula is C19H19NO3. The fraction of sp³-hybridized carbons (Fsp3) is 0.211. The predicted molar refractivity (Wildman–Crippen MR) is 89.3 cm³/mol. The number of nitrogens with one attached hydrogen (secondary N) is 1. The maximum absolute atomic E-state index is 12.2. The Morgan fingerprint density at radius 2 is 1.96 bits per heavy atom. The lowest BCUT2D eigenvalue weighted by atomic mass is 9.92. The van der Waals surface area contributed by atoms with Crippen LogP contribution in [0, 0.1) is 5.92 Å². The van der Waals surface area contributed by atoms with Crippen molar-refractivity contribution in [3.05, 3.63) is 65.9 Å². The van der Waals surface area contributed by atoms with Crippen molar-refractivity contribution in [2.24, 2.45) is 5.92 Å². The number of aromatic amines is 1. The van der Waals surface area contributed by atoms with Gasteiger partial charge in [0.1, 0.15) is 5.75 Å². The molecule has 3 rings (SSSR count). The minimum absolute atomic E-state index is 0.219. The SMILES string of the molecule is COC(=O)C(Cc1ccccc1)Cc1c[nH]c2ccc(O)cc12. The Kier molecular flexibility index (Phi) is 4.33. The molecule has 0 amide bonds. The number of methoxy groups -OCH3 is 1. The van der Waals surface area contributed by atoms with E-state index < -0.39 is 0 Å². The van der Waals surface area contributed by atoms with Gasteiger partial charge in [-0.05, 0) is 42.2 Å². The number of carbonyl (C=O) groups excluding carboxylic acids is 1. The Hall–Kier alpha value is -2.75. The highest BCUT2D eigenvalue weighted by atomic mass is 16.5. The van der Waals surface area contributed by atoms with Gasteiger partial charge in [0.25, 0.3) is 0 Å². The molecule has 4 heteroatoms. The molecule has 0 aliphatic carbocycles. The van der Waals surface area contributed by atoms with Gasteiger partial charge in [-0.2, -0.15) is 0 Å². The van der Waals surface area contributed by atoms with Crippen LogP contribution in [0.15, 0.2) is 54.7 Å². The normalized spacial score (nSPS) is 12.2. The molecule has 23 heavy (non-hydrogen) atoms. The number of aromatic nitrogens is 1. The molecule has 0 spiro atoms. The zero-order chi connectivity index (χ0) is 16.2. The van der Waals surface area contributed by atoms with Crippen LogP contribution in [0.25, 0.3) is 10.9 Å². The number of hydrogen-bond acceptors (Lipinski definition) is 3. The van der Waals surface area contributed by atoms with E-state index in [2.05, 4.69) is 4.98 Å². The number of carbonyl (C=O) groups is 1. The Balaban J connectivity index is 1.88. The lowest BCUT2D eigenvalue weighted by Gasteiger charge is -2.14. The third-order valence-corrected chi connectivity index (χ3v) is 4.08. The molecule has 0 aliphatic rings. The fourth-order valence-corrected chi connectivity index (χ4v) is 2.90. The summed E-state index contributed by atoms with van der Waals surface area (Å²) in [5.41, 5.74) is 3.05. The first kappa shape index (κ1) is 15.2. The Labute approximate surface area is 134 Å². The summed E-state index contributed by atoms with van der Waals surface area (Å²) in [6.45, 7) is 0. The minimum atomic E-state index is -0.260. The maximum atomic E-state index is 12.2. The van der Waals surface area contributed by atoms with Crippen LogP contribution in [0.1, 0.15) is 11.1 Å². The van der Waals surface area contributed by atoms with Crippen LogP contribution >= 0.6 is 0 Å². The first-order valence-electron chi connectivity index (χ1n) is 7.58. The van der Waals surface area contributed by atoms with Crippen molar-refractivity contribution in [2.75, 3.05) is 7.11 Å². The number of fused-ring (bicyclic) bond motifs is 1. The molecule has 3 aromatic rings. The number of esters is 1. The lowest BCUT2D eigenvalue weighted by molar-refractivity contribution is -0.145. The average molecular weight is 309 g/mol. The predicted octanol–water partition coefficient (Wildman–Crippen LogP) is 3.45. The largest absolute Gasteiger partial charge is 0.508 e. The Morgan fingerprint density at radius 1 is 1.17 bits per heavy atom. The average Bonchev–Trinajstić information content (AvgIpc) is 2.96. The molecule has 118 valence electrons. The number of phenols is 1. The van der Waals surface area contributed by atoms with Gasteiger partial charge >= 0.3 is 5.97 Å². The molecule has 0 saturated carbocycles. The second kappa shape index (κ2) is 6.57. The van der Waals surface area contributed by atoms with Crippen molar-refractivity contribution in [1.82, 2.24) is 4.98 Å². The molecule has 1 unspecified atom stereocenters. The van der Waals surface area contributed by atoms with Crippen LogP contribution in [-0.4, -0.2) is 23.2 Å². The van der Waals surface area contributed by atoms with Gasteiger partial charge in [-0.25, -0.2) is 0 Å². The van der Waals surface area contributed by atoms with Gasteiger partial charge in [0.2, 0.25) is 0 Å². The third-order valence-electron chi connectivity index (χ3n) is 4.08. The summed E-state index contributed by atoms with van der Waals surface area (Å²) in [4.78, 5) is 15.3. The van der Waals surface area contributed by atoms with Gasteiger partial charge in [-0.15, -0.1) is 0 Å². The van der Waals surface area contributed by atoms with Gasteiger partial charge in [0, 0.05) is 17.1 Å². The second-order valence-electron chi connectivity index (χ2n) is 5.66. The van der Waals surface area contributed by atoms with Gasteiger partial charge in [0.15, 0.2) is 0 Å². The van der Waals surface area contributed by atoms with E-state index in [1.54, 1.807) is 12.1 Å². The minimum Gasteiger partial charge on any atom is -0.508 e. The molecule has 0 fully saturated rings. The fourth-order valence-electron chi connectivity index (χ4n) is 2.90. The van der Waals surface area contributed by atoms with Gasteiger partial charge < -0.3 is 14.8 Å². The molecule has 2 N–H and O–H groups in total. The molecule has 4 nitrogen and oxygen atoms in total. The first-order chi connectivity index (χ1) is 11.2. The first-order valence-corrected chi connectivity index (χ1v) is 7.58. The zero-order valence-electron chi connectivity index (χ0n) is 13.0. The topological polar surface area (TPSA) is 62.3 Å². The number of aromatic hydroxyl groups is 1. The highest BCUT2D eigenvalue weighted by Gasteiger charge is 2.21. The van der Waals surface area contributed by atoms with Crippen molar-refractivity contribution >= 4 is 16.9 Å². The van der Waals surface area contributed by atoms with Crippen LogP contribution in [0.5, 0.6) is 5.75 Å². The van der Waals surface area contributed by atoms with Gasteiger partial charge in [0.05, 0.1) is 13.0 Å². The van der Waals surface area contributed by atoms with Crippen LogP contribution in [0.2, 0.25) is 0 Å². The molecule has 0 radical (unpaired) electrons. The highest BCUT2D eigenvalue weighted by molar-refractivity contribution is 5.85. The number of benzene rings is 2. The number of hydrogen-bond donors (Lipinski definition) is 2. The smallest absolute Gasteiger partial charge is 0.309 e. The molecule has 1 heterocycles. The van der Waals surface area contributed by atoms with Crippen molar-refractivity contribution in [3.8, 4) is 5.75 Å². The van der Waals surface area contributed by atoms with Crippen LogP contribution in [-0.2, 0) is 22.4 Å². The standard InChI is InChI=1S/C19H19NO3/c1-23-19(22)14(9-13-5-3-2-4-6-13)10-15-12-20-18-8-7-16(21)11-17(15)18/h2-8,11-12,14,20-21H,9-10H2,1H3. The van der Waals surface area contributed by atoms with Crippen LogP contribution in [0.4, 0.5) is 0 Å². The van der Waals surface area contributed by atoms with E-state index >= 15 is 0 Å². The summed E-state index contributed by atoms with van der Waals surface area (Å²) in [5.74, 6) is -0.261. The lowest BCUT2D eigenvalue weighted by Crippen LogP contribution is -2.21. The van der Waals surface area contributed by atoms with Gasteiger partial charge in [-0.1, -0.05) is 30.3 Å². The van der Waals surface area contributed by atoms with Crippen molar-refractivity contribution in [2.45, 2.75) is 12.8 Å². The second-order valence-corrected chi connectivity index (χ2v) is 5.66. The van der Waals surface area contributed by atoms with E-state index in [1.807, 2.05) is 42.6 Å². The molecule has 0 saturated heterocycles. The van der Waals surface area contributed by atoms with Crippen molar-refractivity contribution in [1.29, 1.82) is 0 Å². The van der Waals surface area contributed by atoms with E-state index in [0.717, 1.165) is 22.0 Å². The third kappa shape index (κ3) is 3.37. The summed E-state index contributed by atoms with van der Waals surface area (Å²) in [6.07, 6.45) is 3.08. The monoisotopic (exact) mass is 309 g/mol. The van der Waals surface area contributed by atoms with Gasteiger partial charge in [-0.3, -0.25) is 4.79 Å². The molecule has 2 aromatic carbocycles. The van der Waals surface area contributed by atoms with Crippen LogP contribution in [0.3, 0.4) is 0 Å². The number of ether oxygens (including phenoxy) is 1. The molecule has 0 aliphatic heterocycles.